The highest BCUT2D eigenvalue weighted by Crippen LogP contribution is 2.30. The standard InChI is InChI=1S/C21H26N4O8.ClH/c22-5-7-31-9-10-32-8-6-23-18(27)12-33-13-1-2-14-15(11-13)21(30)25(20(14)29)16-3-4-17(26)24-19(16)28;/h1-2,11,16H,3-10,12,22H2,(H,23,27)(H,24,26,28);1H. The molecule has 0 bridgehead atoms. The number of benzene rings is 1. The summed E-state index contributed by atoms with van der Waals surface area (Å²) in [4.78, 5) is 61.7. The maximum atomic E-state index is 12.8. The fraction of sp³-hybridized carbons (Fsp3) is 0.476. The summed E-state index contributed by atoms with van der Waals surface area (Å²) >= 11 is 0. The van der Waals surface area contributed by atoms with Crippen molar-refractivity contribution in [2.75, 3.05) is 46.1 Å². The van der Waals surface area contributed by atoms with Gasteiger partial charge in [-0.1, -0.05) is 0 Å². The van der Waals surface area contributed by atoms with Gasteiger partial charge in [0.1, 0.15) is 11.8 Å². The SMILES string of the molecule is Cl.NCCOCCOCCNC(=O)COc1ccc2c(c1)C(=O)N(C1CCC(=O)NC1=O)C2=O. The Kier molecular flexibility index (Phi) is 10.4. The molecular formula is C21H27ClN4O8. The van der Waals surface area contributed by atoms with Gasteiger partial charge in [-0.05, 0) is 24.6 Å². The minimum atomic E-state index is -1.04. The number of hydrogen-bond donors (Lipinski definition) is 3. The summed E-state index contributed by atoms with van der Waals surface area (Å²) in [6.45, 7) is 2.04. The smallest absolute Gasteiger partial charge is 0.262 e. The van der Waals surface area contributed by atoms with Crippen LogP contribution in [-0.2, 0) is 23.9 Å². The molecule has 1 aromatic carbocycles. The van der Waals surface area contributed by atoms with E-state index in [0.29, 0.717) is 33.0 Å². The highest BCUT2D eigenvalue weighted by atomic mass is 35.5. The van der Waals surface area contributed by atoms with Gasteiger partial charge < -0.3 is 25.3 Å². The zero-order valence-electron chi connectivity index (χ0n) is 18.4. The van der Waals surface area contributed by atoms with Crippen LogP contribution in [0.3, 0.4) is 0 Å². The molecule has 1 aromatic rings. The summed E-state index contributed by atoms with van der Waals surface area (Å²) in [5, 5.41) is 4.77. The molecule has 3 rings (SSSR count). The zero-order chi connectivity index (χ0) is 23.8. The molecule has 186 valence electrons. The molecule has 2 aliphatic rings. The number of nitrogens with two attached hydrogens (primary N) is 1. The van der Waals surface area contributed by atoms with Crippen LogP contribution in [0.1, 0.15) is 33.6 Å². The average Bonchev–Trinajstić information content (AvgIpc) is 3.04. The lowest BCUT2D eigenvalue weighted by Gasteiger charge is -2.27. The number of ether oxygens (including phenoxy) is 3. The van der Waals surface area contributed by atoms with Crippen molar-refractivity contribution in [3.05, 3.63) is 29.3 Å². The normalized spacial score (nSPS) is 17.2. The molecule has 2 aliphatic heterocycles. The van der Waals surface area contributed by atoms with E-state index in [1.165, 1.54) is 18.2 Å². The minimum absolute atomic E-state index is 0. The fourth-order valence-electron chi connectivity index (χ4n) is 3.41. The van der Waals surface area contributed by atoms with Crippen LogP contribution in [0.5, 0.6) is 5.75 Å². The molecule has 1 unspecified atom stereocenters. The third kappa shape index (κ3) is 6.73. The number of carbonyl (C=O) groups excluding carboxylic acids is 5. The minimum Gasteiger partial charge on any atom is -0.484 e. The van der Waals surface area contributed by atoms with E-state index in [0.717, 1.165) is 4.90 Å². The van der Waals surface area contributed by atoms with Crippen molar-refractivity contribution in [3.8, 4) is 5.75 Å². The van der Waals surface area contributed by atoms with E-state index < -0.39 is 29.7 Å². The lowest BCUT2D eigenvalue weighted by atomic mass is 10.0. The van der Waals surface area contributed by atoms with Gasteiger partial charge in [-0.3, -0.25) is 34.2 Å². The quantitative estimate of drug-likeness (QED) is 0.242. The number of amides is 5. The zero-order valence-corrected chi connectivity index (χ0v) is 19.2. The Hall–Kier alpha value is -3.06. The van der Waals surface area contributed by atoms with Gasteiger partial charge in [-0.2, -0.15) is 0 Å². The molecule has 0 radical (unpaired) electrons. The largest absolute Gasteiger partial charge is 0.484 e. The third-order valence-corrected chi connectivity index (χ3v) is 4.98. The summed E-state index contributed by atoms with van der Waals surface area (Å²) in [5.41, 5.74) is 5.51. The Morgan fingerprint density at radius 2 is 1.76 bits per heavy atom. The van der Waals surface area contributed by atoms with E-state index in [1.807, 2.05) is 0 Å². The van der Waals surface area contributed by atoms with E-state index >= 15 is 0 Å². The Balaban J connectivity index is 0.00000408. The number of halogens is 1. The predicted molar refractivity (Wildman–Crippen MR) is 120 cm³/mol. The van der Waals surface area contributed by atoms with Crippen LogP contribution in [0.15, 0.2) is 18.2 Å². The van der Waals surface area contributed by atoms with Gasteiger partial charge in [0, 0.05) is 19.5 Å². The molecular weight excluding hydrogens is 472 g/mol. The molecule has 1 fully saturated rings. The molecule has 1 atom stereocenters. The van der Waals surface area contributed by atoms with Crippen molar-refractivity contribution < 1.29 is 38.2 Å². The van der Waals surface area contributed by atoms with Crippen LogP contribution < -0.4 is 21.1 Å². The molecule has 1 saturated heterocycles. The molecule has 0 aromatic heterocycles. The van der Waals surface area contributed by atoms with Gasteiger partial charge >= 0.3 is 0 Å². The number of hydrogen-bond acceptors (Lipinski definition) is 9. The number of nitrogens with one attached hydrogen (secondary N) is 2. The number of fused-ring (bicyclic) bond motifs is 1. The Labute approximate surface area is 201 Å². The van der Waals surface area contributed by atoms with E-state index in [1.54, 1.807) is 0 Å². The first-order chi connectivity index (χ1) is 15.9. The fourth-order valence-corrected chi connectivity index (χ4v) is 3.41. The second-order valence-electron chi connectivity index (χ2n) is 7.31. The van der Waals surface area contributed by atoms with Gasteiger partial charge in [0.25, 0.3) is 17.7 Å². The molecule has 5 amide bonds. The van der Waals surface area contributed by atoms with Gasteiger partial charge in [0.2, 0.25) is 11.8 Å². The Morgan fingerprint density at radius 3 is 2.47 bits per heavy atom. The monoisotopic (exact) mass is 498 g/mol. The second-order valence-corrected chi connectivity index (χ2v) is 7.31. The maximum Gasteiger partial charge on any atom is 0.262 e. The first-order valence-corrected chi connectivity index (χ1v) is 10.5. The van der Waals surface area contributed by atoms with Crippen LogP contribution in [0.4, 0.5) is 0 Å². The molecule has 12 nitrogen and oxygen atoms in total. The van der Waals surface area contributed by atoms with Crippen molar-refractivity contribution in [1.82, 2.24) is 15.5 Å². The van der Waals surface area contributed by atoms with Gasteiger partial charge in [-0.15, -0.1) is 12.4 Å². The van der Waals surface area contributed by atoms with Crippen molar-refractivity contribution in [2.45, 2.75) is 18.9 Å². The lowest BCUT2D eigenvalue weighted by Crippen LogP contribution is -2.54. The summed E-state index contributed by atoms with van der Waals surface area (Å²) in [6, 6.07) is 3.20. The molecule has 0 aliphatic carbocycles. The van der Waals surface area contributed by atoms with Crippen LogP contribution in [0, 0.1) is 0 Å². The maximum absolute atomic E-state index is 12.8. The van der Waals surface area contributed by atoms with Crippen LogP contribution in [0.2, 0.25) is 0 Å². The highest BCUT2D eigenvalue weighted by Gasteiger charge is 2.44. The van der Waals surface area contributed by atoms with Gasteiger partial charge in [-0.25, -0.2) is 0 Å². The van der Waals surface area contributed by atoms with Crippen molar-refractivity contribution >= 4 is 41.9 Å². The number of piperidine rings is 1. The molecule has 0 spiro atoms. The molecule has 4 N–H and O–H groups in total. The van der Waals surface area contributed by atoms with Crippen molar-refractivity contribution in [1.29, 1.82) is 0 Å². The van der Waals surface area contributed by atoms with Crippen LogP contribution in [-0.4, -0.2) is 86.6 Å². The van der Waals surface area contributed by atoms with Gasteiger partial charge in [0.15, 0.2) is 6.61 Å². The Bertz CT molecular complexity index is 941. The van der Waals surface area contributed by atoms with Crippen molar-refractivity contribution in [3.63, 3.8) is 0 Å². The molecule has 34 heavy (non-hydrogen) atoms. The third-order valence-electron chi connectivity index (χ3n) is 4.98. The van der Waals surface area contributed by atoms with E-state index in [-0.39, 0.29) is 61.2 Å². The lowest BCUT2D eigenvalue weighted by molar-refractivity contribution is -0.136. The van der Waals surface area contributed by atoms with E-state index in [2.05, 4.69) is 10.6 Å². The first-order valence-electron chi connectivity index (χ1n) is 10.5. The number of carbonyl (C=O) groups is 5. The number of rotatable bonds is 12. The van der Waals surface area contributed by atoms with Crippen LogP contribution in [0.25, 0.3) is 0 Å². The summed E-state index contributed by atoms with van der Waals surface area (Å²) in [7, 11) is 0. The van der Waals surface area contributed by atoms with Crippen molar-refractivity contribution in [2.24, 2.45) is 5.73 Å². The highest BCUT2D eigenvalue weighted by molar-refractivity contribution is 6.23. The van der Waals surface area contributed by atoms with E-state index in [4.69, 9.17) is 19.9 Å². The summed E-state index contributed by atoms with van der Waals surface area (Å²) in [6.07, 6.45) is 0.116. The molecule has 2 heterocycles. The second kappa shape index (κ2) is 13.0. The van der Waals surface area contributed by atoms with Gasteiger partial charge in [0.05, 0.1) is 37.6 Å². The number of nitrogens with zero attached hydrogens (tertiary/aromatic N) is 1. The average molecular weight is 499 g/mol. The predicted octanol–water partition coefficient (Wildman–Crippen LogP) is -1.00. The summed E-state index contributed by atoms with van der Waals surface area (Å²) in [5.74, 6) is -2.53. The summed E-state index contributed by atoms with van der Waals surface area (Å²) < 4.78 is 15.9. The Morgan fingerprint density at radius 1 is 1.06 bits per heavy atom. The van der Waals surface area contributed by atoms with Crippen LogP contribution >= 0.6 is 12.4 Å². The topological polar surface area (TPSA) is 166 Å². The number of imide groups is 2. The molecule has 0 saturated carbocycles. The van der Waals surface area contributed by atoms with E-state index in [9.17, 15) is 24.0 Å². The molecule has 13 heteroatoms. The first kappa shape index (κ1) is 27.2.